The molecule has 1 rings (SSSR count). The molecule has 22 heavy (non-hydrogen) atoms. The number of alkyl halides is 3. The van der Waals surface area contributed by atoms with E-state index in [2.05, 4.69) is 0 Å². The highest BCUT2D eigenvalue weighted by Crippen LogP contribution is 2.23. The molecule has 0 bridgehead atoms. The summed E-state index contributed by atoms with van der Waals surface area (Å²) in [5.74, 6) is -0.416. The summed E-state index contributed by atoms with van der Waals surface area (Å²) in [6.45, 7) is 0. The van der Waals surface area contributed by atoms with Gasteiger partial charge in [-0.2, -0.15) is 13.2 Å². The summed E-state index contributed by atoms with van der Waals surface area (Å²) in [4.78, 5) is 11.1. The maximum Gasteiger partial charge on any atom is 0.389 e. The topological polar surface area (TPSA) is 43.1 Å². The number of carbonyl (C=O) groups is 1. The number of hydrogen-bond acceptors (Lipinski definition) is 1. The van der Waals surface area contributed by atoms with E-state index in [0.717, 1.165) is 44.1 Å². The van der Waals surface area contributed by atoms with Crippen LogP contribution < -0.4 is 5.73 Å². The van der Waals surface area contributed by atoms with Crippen molar-refractivity contribution in [3.8, 4) is 0 Å². The minimum absolute atomic E-state index is 0.239. The van der Waals surface area contributed by atoms with Crippen LogP contribution in [0.3, 0.4) is 0 Å². The SMILES string of the molecule is NC(=O)c1cccc(CCCCCCCCCC(F)(F)F)c1. The van der Waals surface area contributed by atoms with Crippen molar-refractivity contribution < 1.29 is 18.0 Å². The van der Waals surface area contributed by atoms with E-state index in [0.29, 0.717) is 12.0 Å². The second kappa shape index (κ2) is 9.49. The Hall–Kier alpha value is -1.52. The molecule has 0 saturated carbocycles. The molecule has 1 amide bonds. The minimum Gasteiger partial charge on any atom is -0.366 e. The number of nitrogens with two attached hydrogens (primary N) is 1. The van der Waals surface area contributed by atoms with Gasteiger partial charge in [0, 0.05) is 12.0 Å². The fraction of sp³-hybridized carbons (Fsp3) is 0.588. The molecule has 0 aliphatic carbocycles. The average molecular weight is 315 g/mol. The monoisotopic (exact) mass is 315 g/mol. The van der Waals surface area contributed by atoms with Crippen molar-refractivity contribution in [2.45, 2.75) is 64.0 Å². The number of hydrogen-bond donors (Lipinski definition) is 1. The fourth-order valence-corrected chi connectivity index (χ4v) is 2.42. The number of aryl methyl sites for hydroxylation is 1. The Kier molecular flexibility index (Phi) is 7.99. The molecule has 0 radical (unpaired) electrons. The van der Waals surface area contributed by atoms with Crippen LogP contribution in [0.2, 0.25) is 0 Å². The second-order valence-corrected chi connectivity index (χ2v) is 5.65. The summed E-state index contributed by atoms with van der Waals surface area (Å²) >= 11 is 0. The molecule has 0 unspecified atom stereocenters. The lowest BCUT2D eigenvalue weighted by molar-refractivity contribution is -0.135. The summed E-state index contributed by atoms with van der Waals surface area (Å²) in [6.07, 6.45) is 2.08. The molecule has 2 nitrogen and oxygen atoms in total. The van der Waals surface area contributed by atoms with Crippen molar-refractivity contribution in [1.82, 2.24) is 0 Å². The molecule has 0 aliphatic rings. The first-order valence-electron chi connectivity index (χ1n) is 7.84. The number of amides is 1. The van der Waals surface area contributed by atoms with Gasteiger partial charge in [0.05, 0.1) is 0 Å². The maximum atomic E-state index is 11.9. The largest absolute Gasteiger partial charge is 0.389 e. The van der Waals surface area contributed by atoms with E-state index in [-0.39, 0.29) is 6.42 Å². The van der Waals surface area contributed by atoms with Crippen LogP contribution in [-0.2, 0) is 6.42 Å². The van der Waals surface area contributed by atoms with Gasteiger partial charge in [0.15, 0.2) is 0 Å². The number of primary amides is 1. The summed E-state index contributed by atoms with van der Waals surface area (Å²) in [5.41, 5.74) is 6.86. The smallest absolute Gasteiger partial charge is 0.366 e. The van der Waals surface area contributed by atoms with Crippen molar-refractivity contribution in [1.29, 1.82) is 0 Å². The van der Waals surface area contributed by atoms with E-state index in [1.807, 2.05) is 18.2 Å². The van der Waals surface area contributed by atoms with Gasteiger partial charge in [-0.05, 0) is 37.0 Å². The van der Waals surface area contributed by atoms with Crippen LogP contribution in [0.4, 0.5) is 13.2 Å². The fourth-order valence-electron chi connectivity index (χ4n) is 2.42. The van der Waals surface area contributed by atoms with Crippen LogP contribution in [0.25, 0.3) is 0 Å². The molecule has 5 heteroatoms. The van der Waals surface area contributed by atoms with Gasteiger partial charge in [0.25, 0.3) is 0 Å². The minimum atomic E-state index is -4.01. The second-order valence-electron chi connectivity index (χ2n) is 5.65. The summed E-state index contributed by atoms with van der Waals surface area (Å²) in [5, 5.41) is 0. The predicted octanol–water partition coefficient (Wildman–Crippen LogP) is 5.01. The molecule has 1 aromatic carbocycles. The Morgan fingerprint density at radius 2 is 1.55 bits per heavy atom. The van der Waals surface area contributed by atoms with E-state index in [4.69, 9.17) is 5.73 Å². The Balaban J connectivity index is 2.04. The van der Waals surface area contributed by atoms with Crippen molar-refractivity contribution in [2.24, 2.45) is 5.73 Å². The number of rotatable bonds is 10. The van der Waals surface area contributed by atoms with Gasteiger partial charge in [-0.3, -0.25) is 4.79 Å². The third-order valence-electron chi connectivity index (χ3n) is 3.64. The van der Waals surface area contributed by atoms with Crippen LogP contribution in [-0.4, -0.2) is 12.1 Å². The van der Waals surface area contributed by atoms with Crippen molar-refractivity contribution in [3.63, 3.8) is 0 Å². The van der Waals surface area contributed by atoms with E-state index in [9.17, 15) is 18.0 Å². The molecular weight excluding hydrogens is 291 g/mol. The van der Waals surface area contributed by atoms with Gasteiger partial charge >= 0.3 is 6.18 Å². The zero-order valence-corrected chi connectivity index (χ0v) is 12.8. The summed E-state index contributed by atoms with van der Waals surface area (Å²) in [7, 11) is 0. The number of halogens is 3. The zero-order valence-electron chi connectivity index (χ0n) is 12.8. The van der Waals surface area contributed by atoms with Crippen molar-refractivity contribution in [2.75, 3.05) is 0 Å². The highest BCUT2D eigenvalue weighted by molar-refractivity contribution is 5.92. The summed E-state index contributed by atoms with van der Waals surface area (Å²) < 4.78 is 35.8. The molecule has 0 fully saturated rings. The van der Waals surface area contributed by atoms with E-state index >= 15 is 0 Å². The molecule has 1 aromatic rings. The molecule has 0 spiro atoms. The first-order chi connectivity index (χ1) is 10.4. The molecule has 0 saturated heterocycles. The van der Waals surface area contributed by atoms with Gasteiger partial charge < -0.3 is 5.73 Å². The molecule has 2 N–H and O–H groups in total. The van der Waals surface area contributed by atoms with Gasteiger partial charge in [-0.25, -0.2) is 0 Å². The molecule has 124 valence electrons. The lowest BCUT2D eigenvalue weighted by Crippen LogP contribution is -2.10. The number of unbranched alkanes of at least 4 members (excludes halogenated alkanes) is 6. The lowest BCUT2D eigenvalue weighted by Gasteiger charge is -2.06. The number of carbonyl (C=O) groups excluding carboxylic acids is 1. The first kappa shape index (κ1) is 18.5. The first-order valence-corrected chi connectivity index (χ1v) is 7.84. The van der Waals surface area contributed by atoms with E-state index in [1.54, 1.807) is 6.07 Å². The van der Waals surface area contributed by atoms with Crippen LogP contribution in [0.15, 0.2) is 24.3 Å². The molecule has 0 heterocycles. The molecule has 0 aliphatic heterocycles. The summed E-state index contributed by atoms with van der Waals surface area (Å²) in [6, 6.07) is 7.33. The molecular formula is C17H24F3NO. The highest BCUT2D eigenvalue weighted by atomic mass is 19.4. The van der Waals surface area contributed by atoms with Crippen LogP contribution in [0, 0.1) is 0 Å². The quantitative estimate of drug-likeness (QED) is 0.606. The lowest BCUT2D eigenvalue weighted by atomic mass is 10.0. The molecule has 0 atom stereocenters. The predicted molar refractivity (Wildman–Crippen MR) is 81.7 cm³/mol. The zero-order chi connectivity index (χ0) is 16.4. The van der Waals surface area contributed by atoms with Gasteiger partial charge in [-0.15, -0.1) is 0 Å². The highest BCUT2D eigenvalue weighted by Gasteiger charge is 2.25. The van der Waals surface area contributed by atoms with Crippen LogP contribution in [0.5, 0.6) is 0 Å². The van der Waals surface area contributed by atoms with Gasteiger partial charge in [0.2, 0.25) is 5.91 Å². The number of benzene rings is 1. The third-order valence-corrected chi connectivity index (χ3v) is 3.64. The Morgan fingerprint density at radius 1 is 0.955 bits per heavy atom. The third kappa shape index (κ3) is 8.70. The van der Waals surface area contributed by atoms with Crippen LogP contribution in [0.1, 0.15) is 67.3 Å². The Bertz CT molecular complexity index is 457. The van der Waals surface area contributed by atoms with Crippen molar-refractivity contribution >= 4 is 5.91 Å². The van der Waals surface area contributed by atoms with Crippen LogP contribution >= 0.6 is 0 Å². The van der Waals surface area contributed by atoms with Gasteiger partial charge in [-0.1, -0.05) is 44.2 Å². The van der Waals surface area contributed by atoms with Crippen molar-refractivity contribution in [3.05, 3.63) is 35.4 Å². The molecule has 0 aromatic heterocycles. The van der Waals surface area contributed by atoms with Gasteiger partial charge in [0.1, 0.15) is 0 Å². The Morgan fingerprint density at radius 3 is 2.14 bits per heavy atom. The Labute approximate surface area is 129 Å². The standard InChI is InChI=1S/C17H24F3NO/c18-17(19,20)12-7-5-3-1-2-4-6-9-14-10-8-11-15(13-14)16(21)22/h8,10-11,13H,1-7,9,12H2,(H2,21,22). The van der Waals surface area contributed by atoms with E-state index in [1.165, 1.54) is 0 Å². The maximum absolute atomic E-state index is 11.9. The average Bonchev–Trinajstić information content (AvgIpc) is 2.44. The van der Waals surface area contributed by atoms with E-state index < -0.39 is 18.5 Å². The normalized spacial score (nSPS) is 11.6.